The summed E-state index contributed by atoms with van der Waals surface area (Å²) >= 11 is 3.81. The number of nitrogens with one attached hydrogen (secondary N) is 1. The minimum atomic E-state index is 1.02. The minimum Gasteiger partial charge on any atom is -0.365 e. The van der Waals surface area contributed by atoms with Gasteiger partial charge in [0.05, 0.1) is 0 Å². The molecule has 1 rings (SSSR count). The molecule has 0 unspecified atom stereocenters. The van der Waals surface area contributed by atoms with Gasteiger partial charge in [0.25, 0.3) is 0 Å². The van der Waals surface area contributed by atoms with E-state index in [-0.39, 0.29) is 0 Å². The molecule has 82 valence electrons. The molecule has 1 aliphatic rings. The van der Waals surface area contributed by atoms with Crippen molar-refractivity contribution in [2.75, 3.05) is 30.9 Å². The van der Waals surface area contributed by atoms with Crippen LogP contribution in [0.15, 0.2) is 4.99 Å². The molecule has 1 N–H and O–H groups in total. The standard InChI is InChI=1S/C10H20N2S2/c1-13-8-4-2-3-6-11-10-12-7-5-9-14-10/h2-9H2,1H3,(H,11,12). The Labute approximate surface area is 95.7 Å². The third-order valence-corrected chi connectivity index (χ3v) is 3.83. The molecule has 4 heteroatoms. The number of nitrogens with zero attached hydrogens (tertiary/aromatic N) is 1. The minimum absolute atomic E-state index is 1.02. The zero-order valence-electron chi connectivity index (χ0n) is 8.92. The smallest absolute Gasteiger partial charge is 0.156 e. The van der Waals surface area contributed by atoms with Crippen molar-refractivity contribution in [3.05, 3.63) is 0 Å². The van der Waals surface area contributed by atoms with Gasteiger partial charge < -0.3 is 5.32 Å². The van der Waals surface area contributed by atoms with E-state index < -0.39 is 0 Å². The molecule has 0 amide bonds. The molecule has 14 heavy (non-hydrogen) atoms. The van der Waals surface area contributed by atoms with E-state index in [9.17, 15) is 0 Å². The zero-order valence-corrected chi connectivity index (χ0v) is 10.6. The maximum atomic E-state index is 4.43. The number of rotatable bonds is 6. The van der Waals surface area contributed by atoms with Gasteiger partial charge in [-0.3, -0.25) is 4.99 Å². The van der Waals surface area contributed by atoms with E-state index in [0.29, 0.717) is 0 Å². The highest BCUT2D eigenvalue weighted by Crippen LogP contribution is 2.10. The van der Waals surface area contributed by atoms with Crippen LogP contribution in [0.2, 0.25) is 0 Å². The summed E-state index contributed by atoms with van der Waals surface area (Å²) in [5.41, 5.74) is 0. The van der Waals surface area contributed by atoms with Crippen LogP contribution in [-0.2, 0) is 0 Å². The van der Waals surface area contributed by atoms with Gasteiger partial charge in [-0.1, -0.05) is 18.2 Å². The topological polar surface area (TPSA) is 24.4 Å². The fourth-order valence-corrected chi connectivity index (χ4v) is 2.66. The Morgan fingerprint density at radius 2 is 2.36 bits per heavy atom. The Balaban J connectivity index is 1.90. The van der Waals surface area contributed by atoms with Gasteiger partial charge in [0.1, 0.15) is 0 Å². The lowest BCUT2D eigenvalue weighted by molar-refractivity contribution is 0.700. The lowest BCUT2D eigenvalue weighted by Gasteiger charge is -2.12. The van der Waals surface area contributed by atoms with Crippen LogP contribution in [0.1, 0.15) is 25.7 Å². The molecule has 0 spiro atoms. The van der Waals surface area contributed by atoms with Gasteiger partial charge in [0.15, 0.2) is 5.17 Å². The first kappa shape index (κ1) is 12.2. The number of thioether (sulfide) groups is 2. The van der Waals surface area contributed by atoms with E-state index in [4.69, 9.17) is 0 Å². The van der Waals surface area contributed by atoms with Crippen LogP contribution in [0.4, 0.5) is 0 Å². The molecule has 0 radical (unpaired) electrons. The maximum Gasteiger partial charge on any atom is 0.156 e. The van der Waals surface area contributed by atoms with Gasteiger partial charge in [0, 0.05) is 18.8 Å². The molecule has 0 aromatic rings. The van der Waals surface area contributed by atoms with Gasteiger partial charge in [-0.15, -0.1) is 0 Å². The Kier molecular flexibility index (Phi) is 7.41. The van der Waals surface area contributed by atoms with Crippen molar-refractivity contribution in [2.45, 2.75) is 25.7 Å². The van der Waals surface area contributed by atoms with E-state index in [2.05, 4.69) is 16.6 Å². The highest BCUT2D eigenvalue weighted by molar-refractivity contribution is 8.13. The zero-order chi connectivity index (χ0) is 10.1. The molecule has 0 aromatic heterocycles. The molecular formula is C10H20N2S2. The molecule has 0 aromatic carbocycles. The first-order valence-corrected chi connectivity index (χ1v) is 7.71. The van der Waals surface area contributed by atoms with E-state index in [1.807, 2.05) is 23.5 Å². The fraction of sp³-hybridized carbons (Fsp3) is 0.900. The van der Waals surface area contributed by atoms with Gasteiger partial charge in [-0.2, -0.15) is 11.8 Å². The van der Waals surface area contributed by atoms with Crippen LogP contribution in [0, 0.1) is 0 Å². The van der Waals surface area contributed by atoms with Crippen LogP contribution >= 0.6 is 23.5 Å². The molecule has 0 aliphatic carbocycles. The monoisotopic (exact) mass is 232 g/mol. The lowest BCUT2D eigenvalue weighted by atomic mass is 10.2. The first-order valence-electron chi connectivity index (χ1n) is 5.33. The van der Waals surface area contributed by atoms with E-state index in [0.717, 1.165) is 13.1 Å². The summed E-state index contributed by atoms with van der Waals surface area (Å²) in [7, 11) is 0. The van der Waals surface area contributed by atoms with E-state index >= 15 is 0 Å². The Morgan fingerprint density at radius 3 is 3.07 bits per heavy atom. The van der Waals surface area contributed by atoms with Gasteiger partial charge in [0.2, 0.25) is 0 Å². The molecule has 0 saturated heterocycles. The Bertz CT molecular complexity index is 172. The first-order chi connectivity index (χ1) is 6.93. The lowest BCUT2D eigenvalue weighted by Crippen LogP contribution is -2.24. The van der Waals surface area contributed by atoms with Crippen molar-refractivity contribution in [2.24, 2.45) is 4.99 Å². The summed E-state index contributed by atoms with van der Waals surface area (Å²) in [4.78, 5) is 4.43. The molecule has 0 bridgehead atoms. The van der Waals surface area contributed by atoms with Gasteiger partial charge in [-0.05, 0) is 31.3 Å². The normalized spacial score (nSPS) is 16.5. The summed E-state index contributed by atoms with van der Waals surface area (Å²) in [5, 5.41) is 4.57. The van der Waals surface area contributed by atoms with E-state index in [1.54, 1.807) is 0 Å². The highest BCUT2D eigenvalue weighted by Gasteiger charge is 2.03. The Hall–Kier alpha value is 0.170. The van der Waals surface area contributed by atoms with Crippen molar-refractivity contribution < 1.29 is 0 Å². The maximum absolute atomic E-state index is 4.43. The van der Waals surface area contributed by atoms with Crippen LogP contribution in [0.5, 0.6) is 0 Å². The second-order valence-corrected chi connectivity index (χ2v) is 5.44. The molecule has 0 atom stereocenters. The molecule has 1 aliphatic heterocycles. The molecule has 2 nitrogen and oxygen atoms in total. The van der Waals surface area contributed by atoms with Crippen molar-refractivity contribution >= 4 is 28.7 Å². The van der Waals surface area contributed by atoms with Crippen molar-refractivity contribution in [1.29, 1.82) is 0 Å². The summed E-state index contributed by atoms with van der Waals surface area (Å²) in [6, 6.07) is 0. The second-order valence-electron chi connectivity index (χ2n) is 3.37. The highest BCUT2D eigenvalue weighted by atomic mass is 32.2. The predicted octanol–water partition coefficient (Wildman–Crippen LogP) is 2.60. The quantitative estimate of drug-likeness (QED) is 0.712. The van der Waals surface area contributed by atoms with Gasteiger partial charge >= 0.3 is 0 Å². The number of hydrogen-bond acceptors (Lipinski definition) is 4. The third-order valence-electron chi connectivity index (χ3n) is 2.10. The number of amidine groups is 1. The predicted molar refractivity (Wildman–Crippen MR) is 69.6 cm³/mol. The molecule has 1 heterocycles. The summed E-state index contributed by atoms with van der Waals surface area (Å²) in [6.07, 6.45) is 7.38. The largest absolute Gasteiger partial charge is 0.365 e. The van der Waals surface area contributed by atoms with Crippen molar-refractivity contribution in [1.82, 2.24) is 5.32 Å². The van der Waals surface area contributed by atoms with E-state index in [1.165, 1.54) is 42.4 Å². The summed E-state index contributed by atoms with van der Waals surface area (Å²) < 4.78 is 0. The van der Waals surface area contributed by atoms with Crippen molar-refractivity contribution in [3.63, 3.8) is 0 Å². The van der Waals surface area contributed by atoms with Crippen molar-refractivity contribution in [3.8, 4) is 0 Å². The second kappa shape index (κ2) is 8.48. The average molecular weight is 232 g/mol. The molecule has 0 saturated carbocycles. The Morgan fingerprint density at radius 1 is 1.43 bits per heavy atom. The number of unbranched alkanes of at least 4 members (excludes halogenated alkanes) is 2. The van der Waals surface area contributed by atoms with Crippen LogP contribution < -0.4 is 5.32 Å². The summed E-state index contributed by atoms with van der Waals surface area (Å²) in [6.45, 7) is 2.11. The third kappa shape index (κ3) is 5.81. The SMILES string of the molecule is CSCCCCCNC1=NCCCS1. The molecular weight excluding hydrogens is 212 g/mol. The summed E-state index contributed by atoms with van der Waals surface area (Å²) in [5.74, 6) is 2.54. The van der Waals surface area contributed by atoms with Crippen LogP contribution in [0.3, 0.4) is 0 Å². The van der Waals surface area contributed by atoms with Crippen LogP contribution in [0.25, 0.3) is 0 Å². The van der Waals surface area contributed by atoms with Gasteiger partial charge in [-0.25, -0.2) is 0 Å². The fourth-order valence-electron chi connectivity index (χ4n) is 1.31. The number of aliphatic imine (C=N–C) groups is 1. The average Bonchev–Trinajstić information content (AvgIpc) is 2.25. The molecule has 0 fully saturated rings. The number of hydrogen-bond donors (Lipinski definition) is 1. The van der Waals surface area contributed by atoms with Crippen LogP contribution in [-0.4, -0.2) is 36.0 Å².